The van der Waals surface area contributed by atoms with Crippen molar-refractivity contribution in [2.75, 3.05) is 30.9 Å². The van der Waals surface area contributed by atoms with E-state index in [1.54, 1.807) is 0 Å². The molecule has 1 aliphatic heterocycles. The minimum absolute atomic E-state index is 0.632. The third-order valence-electron chi connectivity index (χ3n) is 3.77. The lowest BCUT2D eigenvalue weighted by Crippen LogP contribution is -2.31. The van der Waals surface area contributed by atoms with Gasteiger partial charge in [-0.3, -0.25) is 4.90 Å². The van der Waals surface area contributed by atoms with Gasteiger partial charge in [-0.1, -0.05) is 12.1 Å². The molecule has 1 aromatic carbocycles. The Morgan fingerprint density at radius 3 is 3.06 bits per heavy atom. The molecule has 0 aliphatic carbocycles. The third kappa shape index (κ3) is 3.21. The minimum atomic E-state index is 0.632. The molecule has 1 heterocycles. The van der Waals surface area contributed by atoms with Gasteiger partial charge in [-0.05, 0) is 50.3 Å². The molecule has 18 heavy (non-hydrogen) atoms. The van der Waals surface area contributed by atoms with Crippen molar-refractivity contribution < 1.29 is 0 Å². The summed E-state index contributed by atoms with van der Waals surface area (Å²) in [5, 5.41) is 3.51. The molecule has 1 N–H and O–H groups in total. The average molecular weight is 264 g/mol. The van der Waals surface area contributed by atoms with Crippen LogP contribution in [0.5, 0.6) is 0 Å². The maximum Gasteiger partial charge on any atom is 0.0375 e. The molecule has 0 aromatic heterocycles. The van der Waals surface area contributed by atoms with Crippen molar-refractivity contribution >= 4 is 17.4 Å². The largest absolute Gasteiger partial charge is 0.385 e. The van der Waals surface area contributed by atoms with Crippen LogP contribution in [0, 0.1) is 0 Å². The fourth-order valence-electron chi connectivity index (χ4n) is 2.52. The van der Waals surface area contributed by atoms with E-state index in [1.165, 1.54) is 35.4 Å². The second-order valence-corrected chi connectivity index (χ2v) is 6.10. The lowest BCUT2D eigenvalue weighted by Gasteiger charge is -2.27. The van der Waals surface area contributed by atoms with Gasteiger partial charge in [0.15, 0.2) is 0 Å². The second kappa shape index (κ2) is 6.48. The molecule has 3 heteroatoms. The number of hydrogen-bond donors (Lipinski definition) is 1. The Morgan fingerprint density at radius 2 is 2.28 bits per heavy atom. The molecule has 0 radical (unpaired) electrons. The Hall–Kier alpha value is -0.670. The van der Waals surface area contributed by atoms with Gasteiger partial charge in [-0.25, -0.2) is 0 Å². The summed E-state index contributed by atoms with van der Waals surface area (Å²) >= 11 is 1.92. The zero-order valence-corrected chi connectivity index (χ0v) is 12.5. The van der Waals surface area contributed by atoms with Gasteiger partial charge in [0.05, 0.1) is 0 Å². The van der Waals surface area contributed by atoms with Crippen LogP contribution in [-0.2, 0) is 13.0 Å². The molecule has 1 atom stereocenters. The van der Waals surface area contributed by atoms with E-state index in [-0.39, 0.29) is 0 Å². The van der Waals surface area contributed by atoms with Crippen molar-refractivity contribution in [1.82, 2.24) is 4.90 Å². The first-order valence-corrected chi connectivity index (χ1v) is 8.15. The van der Waals surface area contributed by atoms with Crippen LogP contribution in [0.25, 0.3) is 0 Å². The van der Waals surface area contributed by atoms with Crippen molar-refractivity contribution in [3.05, 3.63) is 29.3 Å². The maximum absolute atomic E-state index is 3.51. The highest BCUT2D eigenvalue weighted by atomic mass is 32.2. The number of nitrogens with one attached hydrogen (secondary N) is 1. The molecule has 1 aromatic rings. The van der Waals surface area contributed by atoms with Gasteiger partial charge in [0, 0.05) is 30.6 Å². The zero-order chi connectivity index (χ0) is 13.0. The number of nitrogens with zero attached hydrogens (tertiary/aromatic N) is 1. The fraction of sp³-hybridized carbons (Fsp3) is 0.600. The van der Waals surface area contributed by atoms with E-state index < -0.39 is 0 Å². The molecule has 2 nitrogen and oxygen atoms in total. The summed E-state index contributed by atoms with van der Waals surface area (Å²) in [6.45, 7) is 4.49. The van der Waals surface area contributed by atoms with E-state index in [2.05, 4.69) is 48.6 Å². The van der Waals surface area contributed by atoms with E-state index in [4.69, 9.17) is 0 Å². The van der Waals surface area contributed by atoms with E-state index in [0.29, 0.717) is 6.04 Å². The first-order chi connectivity index (χ1) is 8.72. The molecule has 1 unspecified atom stereocenters. The highest BCUT2D eigenvalue weighted by Crippen LogP contribution is 2.26. The van der Waals surface area contributed by atoms with E-state index in [0.717, 1.165) is 13.1 Å². The molecule has 0 bridgehead atoms. The van der Waals surface area contributed by atoms with Crippen LogP contribution in [0.2, 0.25) is 0 Å². The summed E-state index contributed by atoms with van der Waals surface area (Å²) in [7, 11) is 2.23. The summed E-state index contributed by atoms with van der Waals surface area (Å²) in [5.41, 5.74) is 4.38. The number of thioether (sulfide) groups is 1. The quantitative estimate of drug-likeness (QED) is 0.879. The monoisotopic (exact) mass is 264 g/mol. The van der Waals surface area contributed by atoms with Crippen LogP contribution in [0.4, 0.5) is 5.69 Å². The normalized spacial score (nSPS) is 16.2. The van der Waals surface area contributed by atoms with Gasteiger partial charge < -0.3 is 5.32 Å². The van der Waals surface area contributed by atoms with Crippen LogP contribution < -0.4 is 5.32 Å². The highest BCUT2D eigenvalue weighted by molar-refractivity contribution is 7.98. The van der Waals surface area contributed by atoms with Crippen molar-refractivity contribution in [2.24, 2.45) is 0 Å². The SMILES string of the molecule is CSCC(C)N(C)Cc1cccc2c1CCCN2. The molecule has 0 fully saturated rings. The molecule has 0 amide bonds. The van der Waals surface area contributed by atoms with Crippen molar-refractivity contribution in [3.8, 4) is 0 Å². The first-order valence-electron chi connectivity index (χ1n) is 6.76. The number of fused-ring (bicyclic) bond motifs is 1. The van der Waals surface area contributed by atoms with Crippen LogP contribution >= 0.6 is 11.8 Å². The van der Waals surface area contributed by atoms with Gasteiger partial charge in [-0.2, -0.15) is 11.8 Å². The minimum Gasteiger partial charge on any atom is -0.385 e. The molecule has 100 valence electrons. The summed E-state index contributed by atoms with van der Waals surface area (Å²) in [6.07, 6.45) is 4.66. The van der Waals surface area contributed by atoms with Crippen molar-refractivity contribution in [1.29, 1.82) is 0 Å². The molecule has 2 rings (SSSR count). The van der Waals surface area contributed by atoms with Crippen LogP contribution in [-0.4, -0.2) is 36.5 Å². The predicted molar refractivity (Wildman–Crippen MR) is 82.6 cm³/mol. The Bertz CT molecular complexity index is 392. The fourth-order valence-corrected chi connectivity index (χ4v) is 3.26. The Balaban J connectivity index is 2.09. The summed E-state index contributed by atoms with van der Waals surface area (Å²) in [5.74, 6) is 1.20. The first kappa shape index (κ1) is 13.8. The number of rotatable bonds is 5. The van der Waals surface area contributed by atoms with Gasteiger partial charge in [0.2, 0.25) is 0 Å². The summed E-state index contributed by atoms with van der Waals surface area (Å²) in [4.78, 5) is 2.46. The van der Waals surface area contributed by atoms with Crippen molar-refractivity contribution in [2.45, 2.75) is 32.4 Å². The molecule has 0 spiro atoms. The molecular weight excluding hydrogens is 240 g/mol. The van der Waals surface area contributed by atoms with E-state index >= 15 is 0 Å². The van der Waals surface area contributed by atoms with Crippen LogP contribution in [0.1, 0.15) is 24.5 Å². The Morgan fingerprint density at radius 1 is 1.44 bits per heavy atom. The standard InChI is InChI=1S/C15H24N2S/c1-12(11-18-3)17(2)10-13-6-4-8-15-14(13)7-5-9-16-15/h4,6,8,12,16H,5,7,9-11H2,1-3H3. The highest BCUT2D eigenvalue weighted by Gasteiger charge is 2.15. The predicted octanol–water partition coefficient (Wildman–Crippen LogP) is 3.23. The Kier molecular flexibility index (Phi) is 4.95. The van der Waals surface area contributed by atoms with Gasteiger partial charge in [0.1, 0.15) is 0 Å². The second-order valence-electron chi connectivity index (χ2n) is 5.19. The van der Waals surface area contributed by atoms with Gasteiger partial charge in [0.25, 0.3) is 0 Å². The number of hydrogen-bond acceptors (Lipinski definition) is 3. The molecule has 0 saturated heterocycles. The molecular formula is C15H24N2S. The van der Waals surface area contributed by atoms with Gasteiger partial charge in [-0.15, -0.1) is 0 Å². The summed E-state index contributed by atoms with van der Waals surface area (Å²) < 4.78 is 0. The average Bonchev–Trinajstić information content (AvgIpc) is 2.39. The Labute approximate surface area is 115 Å². The number of anilines is 1. The van der Waals surface area contributed by atoms with E-state index in [9.17, 15) is 0 Å². The lowest BCUT2D eigenvalue weighted by atomic mass is 9.97. The van der Waals surface area contributed by atoms with Gasteiger partial charge >= 0.3 is 0 Å². The molecule has 0 saturated carbocycles. The van der Waals surface area contributed by atoms with Crippen molar-refractivity contribution in [3.63, 3.8) is 0 Å². The number of benzene rings is 1. The maximum atomic E-state index is 3.51. The topological polar surface area (TPSA) is 15.3 Å². The van der Waals surface area contributed by atoms with Crippen LogP contribution in [0.15, 0.2) is 18.2 Å². The van der Waals surface area contributed by atoms with Crippen LogP contribution in [0.3, 0.4) is 0 Å². The lowest BCUT2D eigenvalue weighted by molar-refractivity contribution is 0.269. The van der Waals surface area contributed by atoms with E-state index in [1.807, 2.05) is 11.8 Å². The molecule has 1 aliphatic rings. The summed E-state index contributed by atoms with van der Waals surface area (Å²) in [6, 6.07) is 7.31. The smallest absolute Gasteiger partial charge is 0.0375 e. The zero-order valence-electron chi connectivity index (χ0n) is 11.7. The third-order valence-corrected chi connectivity index (χ3v) is 4.59.